The SMILES string of the molecule is CC(C)(C)OC(=O)N1CC(=O)C[C@H]1[C@H](CNC(=O)OCc1ccccc1)c1c[nH]c2cc(F)ccc12. The number of ketones is 1. The van der Waals surface area contributed by atoms with Crippen molar-refractivity contribution >= 4 is 28.9 Å². The smallest absolute Gasteiger partial charge is 0.410 e. The van der Waals surface area contributed by atoms with Crippen LogP contribution in [-0.4, -0.2) is 52.6 Å². The van der Waals surface area contributed by atoms with Crippen molar-refractivity contribution in [2.45, 2.75) is 51.4 Å². The van der Waals surface area contributed by atoms with Crippen LogP contribution >= 0.6 is 0 Å². The summed E-state index contributed by atoms with van der Waals surface area (Å²) >= 11 is 0. The van der Waals surface area contributed by atoms with E-state index in [0.29, 0.717) is 5.52 Å². The van der Waals surface area contributed by atoms with Crippen LogP contribution in [0.3, 0.4) is 0 Å². The Labute approximate surface area is 208 Å². The van der Waals surface area contributed by atoms with Gasteiger partial charge in [-0.3, -0.25) is 9.69 Å². The fourth-order valence-corrected chi connectivity index (χ4v) is 4.44. The van der Waals surface area contributed by atoms with Gasteiger partial charge in [-0.1, -0.05) is 30.3 Å². The number of Topliss-reactive ketones (excluding diaryl/α,β-unsaturated/α-hetero) is 1. The first-order valence-electron chi connectivity index (χ1n) is 11.8. The fourth-order valence-electron chi connectivity index (χ4n) is 4.44. The lowest BCUT2D eigenvalue weighted by atomic mass is 9.89. The van der Waals surface area contributed by atoms with Gasteiger partial charge in [-0.2, -0.15) is 0 Å². The number of hydrogen-bond acceptors (Lipinski definition) is 5. The number of aromatic nitrogens is 1. The number of aromatic amines is 1. The van der Waals surface area contributed by atoms with E-state index in [1.165, 1.54) is 17.0 Å². The predicted octanol–water partition coefficient (Wildman–Crippen LogP) is 4.90. The Kier molecular flexibility index (Phi) is 7.28. The normalized spacial score (nSPS) is 16.7. The lowest BCUT2D eigenvalue weighted by molar-refractivity contribution is -0.117. The molecule has 0 aliphatic carbocycles. The van der Waals surface area contributed by atoms with E-state index >= 15 is 0 Å². The van der Waals surface area contributed by atoms with Gasteiger partial charge in [0.2, 0.25) is 0 Å². The number of alkyl carbamates (subject to hydrolysis) is 1. The molecule has 1 saturated heterocycles. The minimum absolute atomic E-state index is 0.0779. The second kappa shape index (κ2) is 10.4. The molecule has 8 nitrogen and oxygen atoms in total. The average Bonchev–Trinajstić information content (AvgIpc) is 3.41. The Morgan fingerprint density at radius 1 is 1.19 bits per heavy atom. The van der Waals surface area contributed by atoms with Crippen LogP contribution in [0.25, 0.3) is 10.9 Å². The first-order chi connectivity index (χ1) is 17.1. The molecule has 2 atom stereocenters. The van der Waals surface area contributed by atoms with Gasteiger partial charge in [-0.15, -0.1) is 0 Å². The maximum atomic E-state index is 13.8. The number of hydrogen-bond donors (Lipinski definition) is 2. The van der Waals surface area contributed by atoms with Crippen LogP contribution in [0.1, 0.15) is 44.2 Å². The Bertz CT molecular complexity index is 1250. The molecule has 0 spiro atoms. The molecule has 0 radical (unpaired) electrons. The number of halogens is 1. The highest BCUT2D eigenvalue weighted by atomic mass is 19.1. The van der Waals surface area contributed by atoms with Crippen LogP contribution in [0.2, 0.25) is 0 Å². The van der Waals surface area contributed by atoms with Gasteiger partial charge < -0.3 is 19.8 Å². The van der Waals surface area contributed by atoms with Crippen molar-refractivity contribution in [3.63, 3.8) is 0 Å². The van der Waals surface area contributed by atoms with Crippen molar-refractivity contribution in [1.29, 1.82) is 0 Å². The van der Waals surface area contributed by atoms with E-state index in [-0.39, 0.29) is 37.7 Å². The van der Waals surface area contributed by atoms with Crippen molar-refractivity contribution < 1.29 is 28.2 Å². The molecule has 0 bridgehead atoms. The number of H-pyrrole nitrogens is 1. The van der Waals surface area contributed by atoms with E-state index in [1.54, 1.807) is 33.0 Å². The summed E-state index contributed by atoms with van der Waals surface area (Å²) < 4.78 is 24.7. The summed E-state index contributed by atoms with van der Waals surface area (Å²) in [6.07, 6.45) is 0.615. The Morgan fingerprint density at radius 2 is 1.94 bits per heavy atom. The highest BCUT2D eigenvalue weighted by Crippen LogP contribution is 2.35. The summed E-state index contributed by atoms with van der Waals surface area (Å²) in [6.45, 7) is 5.39. The van der Waals surface area contributed by atoms with Crippen molar-refractivity contribution in [3.05, 3.63) is 71.7 Å². The second-order valence-electron chi connectivity index (χ2n) is 9.90. The Balaban J connectivity index is 1.58. The van der Waals surface area contributed by atoms with Crippen molar-refractivity contribution in [3.8, 4) is 0 Å². The number of carbonyl (C=O) groups is 3. The van der Waals surface area contributed by atoms with E-state index < -0.39 is 29.7 Å². The molecule has 1 fully saturated rings. The highest BCUT2D eigenvalue weighted by Gasteiger charge is 2.42. The molecule has 3 aromatic rings. The van der Waals surface area contributed by atoms with Gasteiger partial charge >= 0.3 is 12.2 Å². The molecular weight excluding hydrogens is 465 g/mol. The third-order valence-corrected chi connectivity index (χ3v) is 6.03. The predicted molar refractivity (Wildman–Crippen MR) is 132 cm³/mol. The molecule has 4 rings (SSSR count). The minimum Gasteiger partial charge on any atom is -0.445 e. The van der Waals surface area contributed by atoms with Crippen LogP contribution in [0.15, 0.2) is 54.7 Å². The quantitative estimate of drug-likeness (QED) is 0.507. The highest BCUT2D eigenvalue weighted by molar-refractivity contribution is 5.89. The lowest BCUT2D eigenvalue weighted by Crippen LogP contribution is -2.45. The number of nitrogens with one attached hydrogen (secondary N) is 2. The van der Waals surface area contributed by atoms with Crippen LogP contribution in [0.5, 0.6) is 0 Å². The van der Waals surface area contributed by atoms with E-state index in [0.717, 1.165) is 16.5 Å². The first-order valence-corrected chi connectivity index (χ1v) is 11.8. The summed E-state index contributed by atoms with van der Waals surface area (Å²) in [5.41, 5.74) is 1.44. The van der Waals surface area contributed by atoms with Gasteiger partial charge in [0.25, 0.3) is 0 Å². The largest absolute Gasteiger partial charge is 0.445 e. The number of fused-ring (bicyclic) bond motifs is 1. The second-order valence-corrected chi connectivity index (χ2v) is 9.90. The Hall–Kier alpha value is -3.88. The number of rotatable bonds is 6. The molecule has 1 aromatic heterocycles. The van der Waals surface area contributed by atoms with E-state index in [2.05, 4.69) is 10.3 Å². The molecule has 2 aromatic carbocycles. The standard InChI is InChI=1S/C27H30FN3O5/c1-27(2,3)36-26(34)31-15-19(32)12-24(31)22(21-13-29-23-11-18(28)9-10-20(21)23)14-30-25(33)35-16-17-7-5-4-6-8-17/h4-11,13,22,24,29H,12,14-16H2,1-3H3,(H,30,33)/t22-,24+/m1/s1. The number of benzene rings is 2. The molecule has 2 heterocycles. The number of carbonyl (C=O) groups excluding carboxylic acids is 3. The van der Waals surface area contributed by atoms with Gasteiger partial charge in [-0.05, 0) is 50.1 Å². The molecule has 2 N–H and O–H groups in total. The zero-order chi connectivity index (χ0) is 25.9. The fraction of sp³-hybridized carbons (Fsp3) is 0.370. The zero-order valence-corrected chi connectivity index (χ0v) is 20.5. The first kappa shape index (κ1) is 25.2. The molecule has 36 heavy (non-hydrogen) atoms. The molecule has 1 aliphatic rings. The van der Waals surface area contributed by atoms with Crippen LogP contribution in [-0.2, 0) is 20.9 Å². The maximum Gasteiger partial charge on any atom is 0.410 e. The van der Waals surface area contributed by atoms with Gasteiger partial charge in [-0.25, -0.2) is 14.0 Å². The Morgan fingerprint density at radius 3 is 2.67 bits per heavy atom. The number of likely N-dealkylation sites (tertiary alicyclic amines) is 1. The molecule has 2 amide bonds. The maximum absolute atomic E-state index is 13.8. The molecule has 0 unspecified atom stereocenters. The van der Waals surface area contributed by atoms with Crippen LogP contribution in [0.4, 0.5) is 14.0 Å². The summed E-state index contributed by atoms with van der Waals surface area (Å²) in [7, 11) is 0. The number of ether oxygens (including phenoxy) is 2. The van der Waals surface area contributed by atoms with Gasteiger partial charge in [0.1, 0.15) is 18.0 Å². The van der Waals surface area contributed by atoms with Crippen LogP contribution < -0.4 is 5.32 Å². The monoisotopic (exact) mass is 495 g/mol. The summed E-state index contributed by atoms with van der Waals surface area (Å²) in [4.78, 5) is 42.5. The van der Waals surface area contributed by atoms with Crippen molar-refractivity contribution in [1.82, 2.24) is 15.2 Å². The summed E-state index contributed by atoms with van der Waals surface area (Å²) in [5.74, 6) is -0.970. The van der Waals surface area contributed by atoms with Gasteiger partial charge in [0.05, 0.1) is 12.6 Å². The van der Waals surface area contributed by atoms with Crippen molar-refractivity contribution in [2.75, 3.05) is 13.1 Å². The third kappa shape index (κ3) is 6.02. The molecular formula is C27H30FN3O5. The van der Waals surface area contributed by atoms with Crippen molar-refractivity contribution in [2.24, 2.45) is 0 Å². The summed E-state index contributed by atoms with van der Waals surface area (Å²) in [6, 6.07) is 13.1. The molecule has 0 saturated carbocycles. The van der Waals surface area contributed by atoms with Gasteiger partial charge in [0, 0.05) is 36.0 Å². The molecule has 9 heteroatoms. The lowest BCUT2D eigenvalue weighted by Gasteiger charge is -2.32. The number of amides is 2. The van der Waals surface area contributed by atoms with E-state index in [4.69, 9.17) is 9.47 Å². The molecule has 190 valence electrons. The third-order valence-electron chi connectivity index (χ3n) is 6.03. The minimum atomic E-state index is -0.736. The van der Waals surface area contributed by atoms with Crippen LogP contribution in [0, 0.1) is 5.82 Å². The topological polar surface area (TPSA) is 101 Å². The van der Waals surface area contributed by atoms with E-state index in [1.807, 2.05) is 30.3 Å². The summed E-state index contributed by atoms with van der Waals surface area (Å²) in [5, 5.41) is 3.52. The number of nitrogens with zero attached hydrogens (tertiary/aromatic N) is 1. The van der Waals surface area contributed by atoms with Gasteiger partial charge in [0.15, 0.2) is 5.78 Å². The zero-order valence-electron chi connectivity index (χ0n) is 20.5. The van der Waals surface area contributed by atoms with E-state index in [9.17, 15) is 18.8 Å². The molecule has 1 aliphatic heterocycles. The average molecular weight is 496 g/mol.